The molecule has 0 amide bonds. The molecule has 1 aliphatic heterocycles. The third kappa shape index (κ3) is 2.63. The van der Waals surface area contributed by atoms with Crippen molar-refractivity contribution in [1.82, 2.24) is 14.9 Å². The topological polar surface area (TPSA) is 29.0 Å². The van der Waals surface area contributed by atoms with E-state index in [-0.39, 0.29) is 0 Å². The maximum absolute atomic E-state index is 4.21. The first kappa shape index (κ1) is 9.86. The Morgan fingerprint density at radius 3 is 2.08 bits per heavy atom. The van der Waals surface area contributed by atoms with Crippen LogP contribution < -0.4 is 0 Å². The van der Waals surface area contributed by atoms with Crippen molar-refractivity contribution in [2.75, 3.05) is 7.05 Å². The van der Waals surface area contributed by atoms with Crippen LogP contribution in [0.25, 0.3) is 0 Å². The summed E-state index contributed by atoms with van der Waals surface area (Å²) in [5, 5.41) is 0. The third-order valence-corrected chi connectivity index (χ3v) is 1.70. The summed E-state index contributed by atoms with van der Waals surface area (Å²) in [7, 11) is 2.07. The third-order valence-electron chi connectivity index (χ3n) is 1.70. The van der Waals surface area contributed by atoms with E-state index < -0.39 is 0 Å². The van der Waals surface area contributed by atoms with Crippen molar-refractivity contribution in [3.63, 3.8) is 0 Å². The molecule has 13 heavy (non-hydrogen) atoms. The lowest BCUT2D eigenvalue weighted by atomic mass is 10.4. The van der Waals surface area contributed by atoms with Crippen LogP contribution in [0.5, 0.6) is 0 Å². The minimum Gasteiger partial charge on any atom is -0.295 e. The predicted molar refractivity (Wildman–Crippen MR) is 53.1 cm³/mol. The summed E-state index contributed by atoms with van der Waals surface area (Å²) in [6.45, 7) is 7.15. The summed E-state index contributed by atoms with van der Waals surface area (Å²) in [4.78, 5) is 10.6. The van der Waals surface area contributed by atoms with E-state index in [1.165, 1.54) is 0 Å². The number of rotatable bonds is 0. The summed E-state index contributed by atoms with van der Waals surface area (Å²) in [5.41, 5.74) is 2.26. The zero-order chi connectivity index (χ0) is 9.68. The van der Waals surface area contributed by atoms with Crippen molar-refractivity contribution in [2.45, 2.75) is 20.0 Å². The van der Waals surface area contributed by atoms with E-state index in [1.54, 1.807) is 18.5 Å². The van der Waals surface area contributed by atoms with Crippen LogP contribution in [0, 0.1) is 0 Å². The molecular weight excluding hydrogens is 162 g/mol. The van der Waals surface area contributed by atoms with Gasteiger partial charge in [-0.05, 0) is 14.0 Å². The summed E-state index contributed by atoms with van der Waals surface area (Å²) in [6.07, 6.45) is 5.25. The van der Waals surface area contributed by atoms with Gasteiger partial charge in [0, 0.05) is 25.5 Å². The van der Waals surface area contributed by atoms with Gasteiger partial charge in [0.15, 0.2) is 0 Å². The van der Waals surface area contributed by atoms with Gasteiger partial charge in [-0.2, -0.15) is 0 Å². The smallest absolute Gasteiger partial charge is 0.0772 e. The van der Waals surface area contributed by atoms with Crippen LogP contribution in [0.3, 0.4) is 0 Å². The quantitative estimate of drug-likeness (QED) is 0.564. The van der Waals surface area contributed by atoms with Crippen LogP contribution in [0.4, 0.5) is 0 Å². The first-order chi connectivity index (χ1) is 6.27. The van der Waals surface area contributed by atoms with E-state index >= 15 is 0 Å². The molecule has 3 nitrogen and oxygen atoms in total. The van der Waals surface area contributed by atoms with E-state index in [0.717, 1.165) is 24.5 Å². The Balaban J connectivity index is 0.000000251. The molecule has 0 N–H and O–H groups in total. The standard InChI is InChI=1S/C7H9N3.C3H6/c1-10-4-6-7(5-10)9-3-2-8-6;1-3-2/h2-3H,4-5H2,1H3;3H,1H2,2H3. The first-order valence-electron chi connectivity index (χ1n) is 4.32. The lowest BCUT2D eigenvalue weighted by Crippen LogP contribution is -2.07. The molecule has 2 heterocycles. The molecule has 0 atom stereocenters. The molecule has 0 spiro atoms. The molecule has 0 bridgehead atoms. The molecule has 1 aromatic heterocycles. The number of nitrogens with zero attached hydrogens (tertiary/aromatic N) is 3. The van der Waals surface area contributed by atoms with Crippen molar-refractivity contribution in [3.8, 4) is 0 Å². The minimum absolute atomic E-state index is 0.948. The largest absolute Gasteiger partial charge is 0.295 e. The molecule has 0 fully saturated rings. The Bertz CT molecular complexity index is 258. The zero-order valence-corrected chi connectivity index (χ0v) is 8.20. The normalized spacial score (nSPS) is 14.3. The summed E-state index contributed by atoms with van der Waals surface area (Å²) in [5.74, 6) is 0. The predicted octanol–water partition coefficient (Wildman–Crippen LogP) is 1.61. The number of hydrogen-bond acceptors (Lipinski definition) is 3. The van der Waals surface area contributed by atoms with Crippen LogP contribution in [-0.4, -0.2) is 21.9 Å². The van der Waals surface area contributed by atoms with Crippen LogP contribution in [0.1, 0.15) is 18.3 Å². The Kier molecular flexibility index (Phi) is 3.58. The first-order valence-corrected chi connectivity index (χ1v) is 4.32. The molecule has 1 aromatic rings. The average Bonchev–Trinajstić information content (AvgIpc) is 2.45. The summed E-state index contributed by atoms with van der Waals surface area (Å²) in [6, 6.07) is 0. The molecule has 3 heteroatoms. The average molecular weight is 177 g/mol. The molecule has 2 rings (SSSR count). The summed E-state index contributed by atoms with van der Waals surface area (Å²) >= 11 is 0. The highest BCUT2D eigenvalue weighted by Gasteiger charge is 2.16. The van der Waals surface area contributed by atoms with Gasteiger partial charge >= 0.3 is 0 Å². The molecule has 1 aliphatic rings. The van der Waals surface area contributed by atoms with Gasteiger partial charge in [-0.25, -0.2) is 0 Å². The fraction of sp³-hybridized carbons (Fsp3) is 0.400. The molecular formula is C10H15N3. The maximum atomic E-state index is 4.21. The fourth-order valence-corrected chi connectivity index (χ4v) is 1.23. The van der Waals surface area contributed by atoms with Crippen LogP contribution in [0.15, 0.2) is 25.0 Å². The van der Waals surface area contributed by atoms with Gasteiger partial charge in [0.05, 0.1) is 11.4 Å². The van der Waals surface area contributed by atoms with Gasteiger partial charge in [-0.1, -0.05) is 6.08 Å². The Morgan fingerprint density at radius 2 is 1.69 bits per heavy atom. The molecule has 0 aromatic carbocycles. The Hall–Kier alpha value is -1.22. The second-order valence-electron chi connectivity index (χ2n) is 3.03. The van der Waals surface area contributed by atoms with Gasteiger partial charge in [0.2, 0.25) is 0 Å². The highest BCUT2D eigenvalue weighted by atomic mass is 15.1. The monoisotopic (exact) mass is 177 g/mol. The second-order valence-corrected chi connectivity index (χ2v) is 3.03. The Labute approximate surface area is 79.1 Å². The highest BCUT2D eigenvalue weighted by molar-refractivity contribution is 5.14. The lowest BCUT2D eigenvalue weighted by molar-refractivity contribution is 0.349. The van der Waals surface area contributed by atoms with Crippen molar-refractivity contribution in [1.29, 1.82) is 0 Å². The van der Waals surface area contributed by atoms with Gasteiger partial charge in [0.25, 0.3) is 0 Å². The molecule has 0 saturated heterocycles. The SMILES string of the molecule is C=CC.CN1Cc2nccnc2C1. The summed E-state index contributed by atoms with van der Waals surface area (Å²) < 4.78 is 0. The number of hydrogen-bond donors (Lipinski definition) is 0. The van der Waals surface area contributed by atoms with E-state index in [1.807, 2.05) is 6.92 Å². The zero-order valence-electron chi connectivity index (χ0n) is 8.20. The number of aromatic nitrogens is 2. The minimum atomic E-state index is 0.948. The van der Waals surface area contributed by atoms with Crippen molar-refractivity contribution >= 4 is 0 Å². The van der Waals surface area contributed by atoms with Gasteiger partial charge < -0.3 is 0 Å². The van der Waals surface area contributed by atoms with Crippen LogP contribution in [0.2, 0.25) is 0 Å². The number of fused-ring (bicyclic) bond motifs is 1. The second kappa shape index (κ2) is 4.72. The van der Waals surface area contributed by atoms with E-state index in [4.69, 9.17) is 0 Å². The molecule has 70 valence electrons. The van der Waals surface area contributed by atoms with Crippen molar-refractivity contribution in [3.05, 3.63) is 36.4 Å². The molecule has 0 radical (unpaired) electrons. The van der Waals surface area contributed by atoms with Gasteiger partial charge in [0.1, 0.15) is 0 Å². The van der Waals surface area contributed by atoms with Crippen molar-refractivity contribution < 1.29 is 0 Å². The van der Waals surface area contributed by atoms with Crippen LogP contribution >= 0.6 is 0 Å². The van der Waals surface area contributed by atoms with Gasteiger partial charge in [-0.3, -0.25) is 14.9 Å². The lowest BCUT2D eigenvalue weighted by Gasteiger charge is -2.01. The molecule has 0 saturated carbocycles. The highest BCUT2D eigenvalue weighted by Crippen LogP contribution is 2.14. The van der Waals surface area contributed by atoms with E-state index in [0.29, 0.717) is 0 Å². The number of allylic oxidation sites excluding steroid dienone is 1. The Morgan fingerprint density at radius 1 is 1.31 bits per heavy atom. The van der Waals surface area contributed by atoms with E-state index in [9.17, 15) is 0 Å². The maximum Gasteiger partial charge on any atom is 0.0772 e. The van der Waals surface area contributed by atoms with Crippen LogP contribution in [-0.2, 0) is 13.1 Å². The van der Waals surface area contributed by atoms with Gasteiger partial charge in [-0.15, -0.1) is 6.58 Å². The fourth-order valence-electron chi connectivity index (χ4n) is 1.23. The van der Waals surface area contributed by atoms with Crippen molar-refractivity contribution in [2.24, 2.45) is 0 Å². The molecule has 0 aliphatic carbocycles. The molecule has 0 unspecified atom stereocenters. The van der Waals surface area contributed by atoms with E-state index in [2.05, 4.69) is 28.5 Å².